The summed E-state index contributed by atoms with van der Waals surface area (Å²) in [5.41, 5.74) is 0.845. The van der Waals surface area contributed by atoms with Crippen LogP contribution < -0.4 is 5.46 Å². The van der Waals surface area contributed by atoms with Gasteiger partial charge in [0.15, 0.2) is 0 Å². The monoisotopic (exact) mass is 268 g/mol. The fourth-order valence-electron chi connectivity index (χ4n) is 3.36. The zero-order valence-electron chi connectivity index (χ0n) is 10.7. The van der Waals surface area contributed by atoms with E-state index in [1.165, 1.54) is 41.7 Å². The van der Waals surface area contributed by atoms with Crippen LogP contribution in [0.1, 0.15) is 0 Å². The van der Waals surface area contributed by atoms with Crippen molar-refractivity contribution in [1.29, 1.82) is 0 Å². The highest BCUT2D eigenvalue weighted by molar-refractivity contribution is 7.26. The van der Waals surface area contributed by atoms with E-state index < -0.39 is 0 Å². The van der Waals surface area contributed by atoms with Crippen molar-refractivity contribution in [3.63, 3.8) is 0 Å². The third kappa shape index (κ3) is 1.18. The first-order valence-electron chi connectivity index (χ1n) is 6.67. The number of hydrogen-bond acceptors (Lipinski definition) is 1. The van der Waals surface area contributed by atoms with Crippen LogP contribution in [0.15, 0.2) is 54.6 Å². The number of benzene rings is 4. The Kier molecular flexibility index (Phi) is 1.89. The molecule has 0 nitrogen and oxygen atoms in total. The quantitative estimate of drug-likeness (QED) is 0.284. The van der Waals surface area contributed by atoms with Gasteiger partial charge in [0.1, 0.15) is 7.85 Å². The molecule has 0 N–H and O–H groups in total. The van der Waals surface area contributed by atoms with Crippen molar-refractivity contribution in [3.8, 4) is 0 Å². The Morgan fingerprint density at radius 3 is 2.20 bits per heavy atom. The molecule has 0 aliphatic rings. The molecule has 0 aliphatic carbocycles. The summed E-state index contributed by atoms with van der Waals surface area (Å²) in [7, 11) is 6.11. The summed E-state index contributed by atoms with van der Waals surface area (Å²) in [5.74, 6) is 0. The van der Waals surface area contributed by atoms with Gasteiger partial charge in [-0.05, 0) is 27.6 Å². The molecule has 0 unspecified atom stereocenters. The van der Waals surface area contributed by atoms with Gasteiger partial charge in [-0.1, -0.05) is 54.0 Å². The number of hydrogen-bond donors (Lipinski definition) is 0. The normalized spacial score (nSPS) is 12.2. The van der Waals surface area contributed by atoms with Crippen molar-refractivity contribution >= 4 is 66.4 Å². The molecule has 5 aromatic rings. The van der Waals surface area contributed by atoms with Crippen LogP contribution in [0.4, 0.5) is 0 Å². The van der Waals surface area contributed by atoms with Gasteiger partial charge in [-0.2, -0.15) is 0 Å². The first-order valence-corrected chi connectivity index (χ1v) is 7.49. The van der Waals surface area contributed by atoms with Crippen molar-refractivity contribution in [3.05, 3.63) is 54.6 Å². The van der Waals surface area contributed by atoms with Crippen molar-refractivity contribution < 1.29 is 0 Å². The van der Waals surface area contributed by atoms with Gasteiger partial charge in [0.2, 0.25) is 0 Å². The minimum atomic E-state index is 0.845. The van der Waals surface area contributed by atoms with Crippen LogP contribution in [0.2, 0.25) is 0 Å². The molecule has 2 heteroatoms. The molecule has 4 aromatic carbocycles. The Morgan fingerprint density at radius 2 is 1.35 bits per heavy atom. The van der Waals surface area contributed by atoms with Crippen LogP contribution in [0.25, 0.3) is 41.7 Å². The summed E-state index contributed by atoms with van der Waals surface area (Å²) >= 11 is 1.83. The minimum Gasteiger partial charge on any atom is -0.135 e. The molecule has 1 aromatic heterocycles. The standard InChI is InChI=1S/C18H9BS/c19-10-8-14-12-5-2-1-4-11(12)13-6-3-7-15-17(13)18(14)16(9-10)20-15/h1-9H. The van der Waals surface area contributed by atoms with Gasteiger partial charge in [0.25, 0.3) is 0 Å². The minimum absolute atomic E-state index is 0.845. The zero-order valence-corrected chi connectivity index (χ0v) is 11.5. The van der Waals surface area contributed by atoms with Crippen LogP contribution >= 0.6 is 11.3 Å². The molecule has 90 valence electrons. The Morgan fingerprint density at radius 1 is 0.650 bits per heavy atom. The summed E-state index contributed by atoms with van der Waals surface area (Å²) in [6.07, 6.45) is 0. The molecular formula is C18H9BS. The van der Waals surface area contributed by atoms with E-state index in [0.717, 1.165) is 5.46 Å². The topological polar surface area (TPSA) is 0 Å². The number of fused-ring (bicyclic) bond motifs is 3. The molecule has 5 rings (SSSR count). The maximum absolute atomic E-state index is 6.11. The molecular weight excluding hydrogens is 259 g/mol. The second-order valence-corrected chi connectivity index (χ2v) is 6.35. The van der Waals surface area contributed by atoms with Crippen LogP contribution in [0, 0.1) is 0 Å². The molecule has 0 amide bonds. The Balaban J connectivity index is 2.32. The van der Waals surface area contributed by atoms with Crippen molar-refractivity contribution in [2.75, 3.05) is 0 Å². The van der Waals surface area contributed by atoms with E-state index in [2.05, 4.69) is 54.6 Å². The lowest BCUT2D eigenvalue weighted by Gasteiger charge is -2.09. The first kappa shape index (κ1) is 10.7. The maximum atomic E-state index is 6.11. The molecule has 0 saturated heterocycles. The summed E-state index contributed by atoms with van der Waals surface area (Å²) in [6.45, 7) is 0. The highest BCUT2D eigenvalue weighted by atomic mass is 32.1. The van der Waals surface area contributed by atoms with Crippen molar-refractivity contribution in [1.82, 2.24) is 0 Å². The molecule has 20 heavy (non-hydrogen) atoms. The molecule has 2 radical (unpaired) electrons. The van der Waals surface area contributed by atoms with E-state index in [1.807, 2.05) is 11.3 Å². The van der Waals surface area contributed by atoms with Gasteiger partial charge in [0, 0.05) is 20.2 Å². The fraction of sp³-hybridized carbons (Fsp3) is 0. The average Bonchev–Trinajstić information content (AvgIpc) is 2.84. The summed E-state index contributed by atoms with van der Waals surface area (Å²) in [4.78, 5) is 0. The lowest BCUT2D eigenvalue weighted by atomic mass is 9.89. The highest BCUT2D eigenvalue weighted by Gasteiger charge is 2.15. The van der Waals surface area contributed by atoms with Gasteiger partial charge >= 0.3 is 0 Å². The number of thiophene rings is 1. The second-order valence-electron chi connectivity index (χ2n) is 5.27. The van der Waals surface area contributed by atoms with Crippen LogP contribution in [0.3, 0.4) is 0 Å². The molecule has 0 aliphatic heterocycles. The fourth-order valence-corrected chi connectivity index (χ4v) is 4.56. The first-order chi connectivity index (χ1) is 9.83. The molecule has 1 heterocycles. The average molecular weight is 268 g/mol. The Labute approximate surface area is 121 Å². The van der Waals surface area contributed by atoms with Crippen molar-refractivity contribution in [2.24, 2.45) is 0 Å². The maximum Gasteiger partial charge on any atom is 0.113 e. The van der Waals surface area contributed by atoms with E-state index in [0.29, 0.717) is 0 Å². The molecule has 0 fully saturated rings. The van der Waals surface area contributed by atoms with Crippen LogP contribution in [-0.4, -0.2) is 7.85 Å². The number of rotatable bonds is 0. The molecule has 0 spiro atoms. The van der Waals surface area contributed by atoms with Gasteiger partial charge in [-0.3, -0.25) is 0 Å². The van der Waals surface area contributed by atoms with Gasteiger partial charge in [-0.15, -0.1) is 11.3 Å². The highest BCUT2D eigenvalue weighted by Crippen LogP contribution is 2.44. The zero-order chi connectivity index (χ0) is 13.3. The predicted molar refractivity (Wildman–Crippen MR) is 90.9 cm³/mol. The second kappa shape index (κ2) is 3.53. The third-order valence-corrected chi connectivity index (χ3v) is 5.23. The SMILES string of the molecule is [B]c1cc2sc3cccc4c5ccccc5c(c1)c2c34. The van der Waals surface area contributed by atoms with Gasteiger partial charge < -0.3 is 0 Å². The Bertz CT molecular complexity index is 1100. The van der Waals surface area contributed by atoms with E-state index >= 15 is 0 Å². The molecule has 0 saturated carbocycles. The lowest BCUT2D eigenvalue weighted by Crippen LogP contribution is -2.00. The molecule has 0 atom stereocenters. The summed E-state index contributed by atoms with van der Waals surface area (Å²) in [6, 6.07) is 19.4. The van der Waals surface area contributed by atoms with E-state index in [1.54, 1.807) is 0 Å². The third-order valence-electron chi connectivity index (χ3n) is 4.13. The largest absolute Gasteiger partial charge is 0.135 e. The van der Waals surface area contributed by atoms with E-state index in [4.69, 9.17) is 7.85 Å². The van der Waals surface area contributed by atoms with Gasteiger partial charge in [0.05, 0.1) is 0 Å². The van der Waals surface area contributed by atoms with Gasteiger partial charge in [-0.25, -0.2) is 0 Å². The van der Waals surface area contributed by atoms with E-state index in [-0.39, 0.29) is 0 Å². The molecule has 0 bridgehead atoms. The van der Waals surface area contributed by atoms with Crippen molar-refractivity contribution in [2.45, 2.75) is 0 Å². The predicted octanol–water partition coefficient (Wildman–Crippen LogP) is 4.59. The smallest absolute Gasteiger partial charge is 0.113 e. The lowest BCUT2D eigenvalue weighted by molar-refractivity contribution is 1.83. The Hall–Kier alpha value is -2.06. The summed E-state index contributed by atoms with van der Waals surface area (Å²) in [5, 5.41) is 8.00. The van der Waals surface area contributed by atoms with E-state index in [9.17, 15) is 0 Å². The summed E-state index contributed by atoms with van der Waals surface area (Å²) < 4.78 is 2.64. The van der Waals surface area contributed by atoms with Crippen LogP contribution in [-0.2, 0) is 0 Å². The van der Waals surface area contributed by atoms with Crippen LogP contribution in [0.5, 0.6) is 0 Å².